The van der Waals surface area contributed by atoms with Crippen molar-refractivity contribution in [3.63, 3.8) is 0 Å². The number of benzene rings is 2. The fourth-order valence-corrected chi connectivity index (χ4v) is 3.76. The van der Waals surface area contributed by atoms with E-state index in [2.05, 4.69) is 49.8 Å². The van der Waals surface area contributed by atoms with E-state index in [9.17, 15) is 0 Å². The summed E-state index contributed by atoms with van der Waals surface area (Å²) >= 11 is 11.6. The molecule has 0 atom stereocenters. The van der Waals surface area contributed by atoms with Gasteiger partial charge in [-0.25, -0.2) is 0 Å². The van der Waals surface area contributed by atoms with Gasteiger partial charge < -0.3 is 20.3 Å². The molecule has 0 saturated carbocycles. The molecule has 0 fully saturated rings. The third kappa shape index (κ3) is 4.80. The first kappa shape index (κ1) is 20.4. The predicted octanol–water partition coefficient (Wildman–Crippen LogP) is 4.19. The average molecular weight is 440 g/mol. The molecule has 0 aliphatic carbocycles. The van der Waals surface area contributed by atoms with Crippen molar-refractivity contribution < 1.29 is 4.74 Å². The van der Waals surface area contributed by atoms with E-state index in [1.807, 2.05) is 30.3 Å². The van der Waals surface area contributed by atoms with Gasteiger partial charge in [0.1, 0.15) is 5.82 Å². The Morgan fingerprint density at radius 2 is 1.90 bits per heavy atom. The van der Waals surface area contributed by atoms with Crippen molar-refractivity contribution >= 4 is 40.7 Å². The van der Waals surface area contributed by atoms with Gasteiger partial charge in [-0.2, -0.15) is 9.97 Å². The van der Waals surface area contributed by atoms with E-state index in [0.29, 0.717) is 28.5 Å². The molecule has 0 radical (unpaired) electrons. The second kappa shape index (κ2) is 9.28. The lowest BCUT2D eigenvalue weighted by atomic mass is 10.00. The van der Waals surface area contributed by atoms with Crippen LogP contribution in [0.4, 0.5) is 11.8 Å². The lowest BCUT2D eigenvalue weighted by molar-refractivity contribution is 0.397. The largest absolute Gasteiger partial charge is 0.481 e. The molecular weight excluding hydrogens is 418 g/mol. The summed E-state index contributed by atoms with van der Waals surface area (Å²) in [5.74, 6) is 1.67. The zero-order chi connectivity index (χ0) is 20.9. The number of hydrogen-bond acceptors (Lipinski definition) is 5. The molecule has 30 heavy (non-hydrogen) atoms. The molecule has 8 heteroatoms. The molecule has 0 bridgehead atoms. The van der Waals surface area contributed by atoms with Crippen LogP contribution in [0.1, 0.15) is 16.7 Å². The lowest BCUT2D eigenvalue weighted by Crippen LogP contribution is -2.32. The third-order valence-corrected chi connectivity index (χ3v) is 5.59. The minimum Gasteiger partial charge on any atom is -0.481 e. The quantitative estimate of drug-likeness (QED) is 0.578. The second-order valence-electron chi connectivity index (χ2n) is 6.93. The van der Waals surface area contributed by atoms with Crippen LogP contribution in [0.25, 0.3) is 0 Å². The topological polar surface area (TPSA) is 62.3 Å². The van der Waals surface area contributed by atoms with Crippen LogP contribution in [-0.4, -0.2) is 28.7 Å². The summed E-state index contributed by atoms with van der Waals surface area (Å²) < 4.78 is 5.38. The molecular formula is C22H22ClN5OS. The number of nitrogens with zero attached hydrogens (tertiary/aromatic N) is 3. The van der Waals surface area contributed by atoms with E-state index in [1.165, 1.54) is 11.1 Å². The van der Waals surface area contributed by atoms with Crippen molar-refractivity contribution in [3.05, 3.63) is 76.3 Å². The fourth-order valence-electron chi connectivity index (χ4n) is 3.39. The summed E-state index contributed by atoms with van der Waals surface area (Å²) in [4.78, 5) is 11.3. The van der Waals surface area contributed by atoms with E-state index in [-0.39, 0.29) is 0 Å². The van der Waals surface area contributed by atoms with Gasteiger partial charge in [-0.3, -0.25) is 0 Å². The summed E-state index contributed by atoms with van der Waals surface area (Å²) in [6.07, 6.45) is 0.975. The monoisotopic (exact) mass is 439 g/mol. The molecule has 1 aliphatic heterocycles. The highest BCUT2D eigenvalue weighted by Gasteiger charge is 2.19. The number of rotatable bonds is 5. The molecule has 0 spiro atoms. The maximum Gasteiger partial charge on any atom is 0.234 e. The SMILES string of the molecule is COc1cc(N2CCc3ccccc3C2)nc(NC(=S)NCc2ccccc2Cl)n1. The Hall–Kier alpha value is -2.90. The van der Waals surface area contributed by atoms with Crippen molar-refractivity contribution in [2.24, 2.45) is 0 Å². The van der Waals surface area contributed by atoms with Crippen molar-refractivity contribution in [2.45, 2.75) is 19.5 Å². The van der Waals surface area contributed by atoms with Crippen LogP contribution >= 0.6 is 23.8 Å². The Balaban J connectivity index is 1.46. The lowest BCUT2D eigenvalue weighted by Gasteiger charge is -2.30. The molecule has 154 valence electrons. The number of fused-ring (bicyclic) bond motifs is 1. The maximum absolute atomic E-state index is 6.20. The highest BCUT2D eigenvalue weighted by molar-refractivity contribution is 7.80. The molecule has 1 aliphatic rings. The Bertz CT molecular complexity index is 1060. The van der Waals surface area contributed by atoms with E-state index >= 15 is 0 Å². The van der Waals surface area contributed by atoms with Crippen LogP contribution in [0.2, 0.25) is 5.02 Å². The number of thiocarbonyl (C=S) groups is 1. The summed E-state index contributed by atoms with van der Waals surface area (Å²) in [5.41, 5.74) is 3.66. The molecule has 3 aromatic rings. The van der Waals surface area contributed by atoms with E-state index in [4.69, 9.17) is 28.6 Å². The van der Waals surface area contributed by atoms with Gasteiger partial charge in [0.25, 0.3) is 0 Å². The van der Waals surface area contributed by atoms with Crippen LogP contribution in [0.5, 0.6) is 5.88 Å². The van der Waals surface area contributed by atoms with Crippen LogP contribution in [0.15, 0.2) is 54.6 Å². The second-order valence-corrected chi connectivity index (χ2v) is 7.75. The molecule has 6 nitrogen and oxygen atoms in total. The molecule has 2 heterocycles. The van der Waals surface area contributed by atoms with E-state index in [1.54, 1.807) is 7.11 Å². The van der Waals surface area contributed by atoms with Gasteiger partial charge in [0, 0.05) is 30.7 Å². The highest BCUT2D eigenvalue weighted by atomic mass is 35.5. The molecule has 2 aromatic carbocycles. The number of anilines is 2. The standard InChI is InChI=1S/C22H22ClN5OS/c1-29-20-12-19(28-11-10-15-6-2-3-8-17(15)14-28)25-21(26-20)27-22(30)24-13-16-7-4-5-9-18(16)23/h2-9,12H,10-11,13-14H2,1H3,(H2,24,25,26,27,30). The molecule has 0 amide bonds. The first-order valence-electron chi connectivity index (χ1n) is 9.65. The minimum atomic E-state index is 0.389. The number of ether oxygens (including phenoxy) is 1. The zero-order valence-electron chi connectivity index (χ0n) is 16.6. The fraction of sp³-hybridized carbons (Fsp3) is 0.227. The first-order valence-corrected chi connectivity index (χ1v) is 10.4. The number of methoxy groups -OCH3 is 1. The number of nitrogens with one attached hydrogen (secondary N) is 2. The Labute approximate surface area is 186 Å². The van der Waals surface area contributed by atoms with Crippen LogP contribution < -0.4 is 20.3 Å². The Kier molecular flexibility index (Phi) is 6.30. The molecule has 0 unspecified atom stereocenters. The Morgan fingerprint density at radius 1 is 1.13 bits per heavy atom. The predicted molar refractivity (Wildman–Crippen MR) is 124 cm³/mol. The smallest absolute Gasteiger partial charge is 0.234 e. The van der Waals surface area contributed by atoms with Crippen LogP contribution in [0, 0.1) is 0 Å². The summed E-state index contributed by atoms with van der Waals surface area (Å²) in [7, 11) is 1.59. The van der Waals surface area contributed by atoms with Crippen molar-refractivity contribution in [1.29, 1.82) is 0 Å². The summed E-state index contributed by atoms with van der Waals surface area (Å²) in [5, 5.41) is 7.30. The summed E-state index contributed by atoms with van der Waals surface area (Å²) in [6, 6.07) is 18.0. The van der Waals surface area contributed by atoms with Gasteiger partial charge in [-0.1, -0.05) is 54.1 Å². The van der Waals surface area contributed by atoms with Gasteiger partial charge >= 0.3 is 0 Å². The van der Waals surface area contributed by atoms with Gasteiger partial charge in [0.2, 0.25) is 11.8 Å². The molecule has 1 aromatic heterocycles. The van der Waals surface area contributed by atoms with Crippen LogP contribution in [0.3, 0.4) is 0 Å². The van der Waals surface area contributed by atoms with Crippen molar-refractivity contribution in [2.75, 3.05) is 23.9 Å². The number of halogens is 1. The third-order valence-electron chi connectivity index (χ3n) is 4.98. The maximum atomic E-state index is 6.20. The highest BCUT2D eigenvalue weighted by Crippen LogP contribution is 2.26. The van der Waals surface area contributed by atoms with Gasteiger partial charge in [0.15, 0.2) is 5.11 Å². The first-order chi connectivity index (χ1) is 14.6. The van der Waals surface area contributed by atoms with Crippen molar-refractivity contribution in [1.82, 2.24) is 15.3 Å². The molecule has 0 saturated heterocycles. The Morgan fingerprint density at radius 3 is 2.70 bits per heavy atom. The van der Waals surface area contributed by atoms with Gasteiger partial charge in [0.05, 0.1) is 7.11 Å². The minimum absolute atomic E-state index is 0.389. The van der Waals surface area contributed by atoms with Crippen LogP contribution in [-0.2, 0) is 19.5 Å². The number of aromatic nitrogens is 2. The van der Waals surface area contributed by atoms with Gasteiger partial charge in [-0.05, 0) is 41.4 Å². The molecule has 4 rings (SSSR count). The van der Waals surface area contributed by atoms with Crippen molar-refractivity contribution in [3.8, 4) is 5.88 Å². The van der Waals surface area contributed by atoms with Gasteiger partial charge in [-0.15, -0.1) is 0 Å². The summed E-state index contributed by atoms with van der Waals surface area (Å²) in [6.45, 7) is 2.18. The normalized spacial score (nSPS) is 12.8. The average Bonchev–Trinajstić information content (AvgIpc) is 2.78. The zero-order valence-corrected chi connectivity index (χ0v) is 18.1. The molecule has 2 N–H and O–H groups in total. The van der Waals surface area contributed by atoms with E-state index < -0.39 is 0 Å². The van der Waals surface area contributed by atoms with E-state index in [0.717, 1.165) is 30.9 Å². The number of hydrogen-bond donors (Lipinski definition) is 2.